The summed E-state index contributed by atoms with van der Waals surface area (Å²) in [4.78, 5) is 0. The van der Waals surface area contributed by atoms with Gasteiger partial charge in [0.05, 0.1) is 0 Å². The molecule has 2 rings (SSSR count). The third-order valence-corrected chi connectivity index (χ3v) is 8.90. The van der Waals surface area contributed by atoms with Crippen molar-refractivity contribution in [1.29, 1.82) is 0 Å². The Morgan fingerprint density at radius 2 is 1.06 bits per heavy atom. The normalized spacial score (nSPS) is 33.9. The van der Waals surface area contributed by atoms with Crippen LogP contribution in [0.25, 0.3) is 0 Å². The summed E-state index contributed by atoms with van der Waals surface area (Å²) in [6.45, 7) is 0. The lowest BCUT2D eigenvalue weighted by Gasteiger charge is -2.19. The van der Waals surface area contributed by atoms with Crippen LogP contribution < -0.4 is 0 Å². The van der Waals surface area contributed by atoms with Crippen LogP contribution >= 0.6 is 47.0 Å². The van der Waals surface area contributed by atoms with Crippen LogP contribution in [0.4, 0.5) is 0 Å². The zero-order chi connectivity index (χ0) is 11.8. The first kappa shape index (κ1) is 14.8. The molecule has 2 fully saturated rings. The molecule has 0 aromatic rings. The van der Waals surface area contributed by atoms with E-state index in [1.165, 1.54) is 66.6 Å². The summed E-state index contributed by atoms with van der Waals surface area (Å²) in [5, 5.41) is 1.97. The molecule has 0 nitrogen and oxygen atoms in total. The largest absolute Gasteiger partial charge is 0.161 e. The van der Waals surface area contributed by atoms with Gasteiger partial charge < -0.3 is 0 Å². The predicted octanol–water partition coefficient (Wildman–Crippen LogP) is 4.63. The molecule has 0 N–H and O–H groups in total. The maximum absolute atomic E-state index is 2.28. The molecular formula is C13H24S4. The minimum absolute atomic E-state index is 0.987. The van der Waals surface area contributed by atoms with Crippen LogP contribution in [0.5, 0.6) is 0 Å². The molecule has 2 aliphatic rings. The summed E-state index contributed by atoms with van der Waals surface area (Å²) in [6.07, 6.45) is 7.31. The van der Waals surface area contributed by atoms with Crippen LogP contribution in [0.2, 0.25) is 0 Å². The van der Waals surface area contributed by atoms with Crippen molar-refractivity contribution in [3.05, 3.63) is 0 Å². The lowest BCUT2D eigenvalue weighted by atomic mass is 10.4. The minimum atomic E-state index is 0.987. The Bertz CT molecular complexity index is 178. The Morgan fingerprint density at radius 1 is 0.529 bits per heavy atom. The van der Waals surface area contributed by atoms with Crippen molar-refractivity contribution < 1.29 is 0 Å². The lowest BCUT2D eigenvalue weighted by molar-refractivity contribution is 0.889. The summed E-state index contributed by atoms with van der Waals surface area (Å²) in [7, 11) is 0. The molecule has 1 saturated carbocycles. The number of thioether (sulfide) groups is 4. The maximum atomic E-state index is 2.28. The highest BCUT2D eigenvalue weighted by Gasteiger charge is 2.27. The first-order valence-electron chi connectivity index (χ1n) is 6.85. The highest BCUT2D eigenvalue weighted by Crippen LogP contribution is 2.38. The molecule has 0 unspecified atom stereocenters. The molecule has 0 aromatic carbocycles. The zero-order valence-electron chi connectivity index (χ0n) is 10.6. The third kappa shape index (κ3) is 5.92. The van der Waals surface area contributed by atoms with Gasteiger partial charge in [0.2, 0.25) is 0 Å². The van der Waals surface area contributed by atoms with Crippen LogP contribution in [0.15, 0.2) is 0 Å². The number of hydrogen-bond acceptors (Lipinski definition) is 4. The molecule has 17 heavy (non-hydrogen) atoms. The second-order valence-corrected chi connectivity index (χ2v) is 9.82. The molecule has 0 aromatic heterocycles. The zero-order valence-corrected chi connectivity index (χ0v) is 13.8. The van der Waals surface area contributed by atoms with Gasteiger partial charge in [0.15, 0.2) is 0 Å². The van der Waals surface area contributed by atoms with Gasteiger partial charge in [-0.15, -0.1) is 0 Å². The van der Waals surface area contributed by atoms with Gasteiger partial charge in [-0.2, -0.15) is 47.0 Å². The fourth-order valence-electron chi connectivity index (χ4n) is 2.39. The highest BCUT2D eigenvalue weighted by atomic mass is 32.2. The smallest absolute Gasteiger partial charge is 0.0166 e. The number of fused-ring (bicyclic) bond motifs is 1. The van der Waals surface area contributed by atoms with Gasteiger partial charge in [-0.1, -0.05) is 6.42 Å². The summed E-state index contributed by atoms with van der Waals surface area (Å²) in [5.41, 5.74) is 0. The Morgan fingerprint density at radius 3 is 1.59 bits per heavy atom. The van der Waals surface area contributed by atoms with Crippen molar-refractivity contribution in [2.45, 2.75) is 42.6 Å². The minimum Gasteiger partial charge on any atom is -0.161 e. The van der Waals surface area contributed by atoms with E-state index in [4.69, 9.17) is 0 Å². The highest BCUT2D eigenvalue weighted by molar-refractivity contribution is 8.04. The molecule has 0 bridgehead atoms. The van der Waals surface area contributed by atoms with Crippen LogP contribution in [0.1, 0.15) is 32.1 Å². The Hall–Kier alpha value is 1.40. The van der Waals surface area contributed by atoms with Crippen molar-refractivity contribution >= 4 is 47.0 Å². The van der Waals surface area contributed by atoms with Crippen molar-refractivity contribution in [3.63, 3.8) is 0 Å². The molecule has 2 atom stereocenters. The summed E-state index contributed by atoms with van der Waals surface area (Å²) < 4.78 is 0. The average Bonchev–Trinajstić information content (AvgIpc) is 2.78. The molecule has 0 radical (unpaired) electrons. The molecule has 0 spiro atoms. The fraction of sp³-hybridized carbons (Fsp3) is 1.00. The second kappa shape index (κ2) is 9.33. The molecule has 1 aliphatic carbocycles. The summed E-state index contributed by atoms with van der Waals surface area (Å²) in [5.74, 6) is 8.32. The molecule has 1 heterocycles. The standard InChI is InChI=1S/C13H24S4/c1-4-12-13(5-1)17-9-3-7-15-11-10-14-6-2-8-16-12/h12-13H,1-11H2/t12-,13+. The van der Waals surface area contributed by atoms with Gasteiger partial charge >= 0.3 is 0 Å². The number of hydrogen-bond donors (Lipinski definition) is 0. The Balaban J connectivity index is 1.72. The van der Waals surface area contributed by atoms with E-state index in [9.17, 15) is 0 Å². The van der Waals surface area contributed by atoms with Crippen LogP contribution in [0.3, 0.4) is 0 Å². The molecule has 4 heteroatoms. The maximum Gasteiger partial charge on any atom is 0.0166 e. The summed E-state index contributed by atoms with van der Waals surface area (Å²) in [6, 6.07) is 0. The Labute approximate surface area is 124 Å². The van der Waals surface area contributed by atoms with Crippen LogP contribution in [-0.4, -0.2) is 45.0 Å². The van der Waals surface area contributed by atoms with Gasteiger partial charge in [0, 0.05) is 22.0 Å². The van der Waals surface area contributed by atoms with Crippen molar-refractivity contribution in [2.75, 3.05) is 34.5 Å². The van der Waals surface area contributed by atoms with Crippen LogP contribution in [0, 0.1) is 0 Å². The van der Waals surface area contributed by atoms with E-state index < -0.39 is 0 Å². The molecular weight excluding hydrogens is 284 g/mol. The number of rotatable bonds is 0. The van der Waals surface area contributed by atoms with Gasteiger partial charge in [-0.3, -0.25) is 0 Å². The first-order chi connectivity index (χ1) is 8.47. The van der Waals surface area contributed by atoms with Gasteiger partial charge in [0.1, 0.15) is 0 Å². The van der Waals surface area contributed by atoms with Gasteiger partial charge in [-0.25, -0.2) is 0 Å². The molecule has 0 amide bonds. The first-order valence-corrected chi connectivity index (χ1v) is 11.3. The average molecular weight is 309 g/mol. The summed E-state index contributed by atoms with van der Waals surface area (Å²) >= 11 is 8.89. The van der Waals surface area contributed by atoms with E-state index in [1.54, 1.807) is 0 Å². The van der Waals surface area contributed by atoms with E-state index in [-0.39, 0.29) is 0 Å². The predicted molar refractivity (Wildman–Crippen MR) is 90.2 cm³/mol. The topological polar surface area (TPSA) is 0 Å². The molecule has 100 valence electrons. The van der Waals surface area contributed by atoms with E-state index >= 15 is 0 Å². The third-order valence-electron chi connectivity index (χ3n) is 3.29. The second-order valence-electron chi connectivity index (χ2n) is 4.68. The van der Waals surface area contributed by atoms with Crippen molar-refractivity contribution in [1.82, 2.24) is 0 Å². The monoisotopic (exact) mass is 308 g/mol. The van der Waals surface area contributed by atoms with E-state index in [0.717, 1.165) is 10.5 Å². The fourth-order valence-corrected chi connectivity index (χ4v) is 7.87. The quantitative estimate of drug-likeness (QED) is 0.639. The van der Waals surface area contributed by atoms with Crippen molar-refractivity contribution in [2.24, 2.45) is 0 Å². The van der Waals surface area contributed by atoms with E-state index in [1.807, 2.05) is 0 Å². The van der Waals surface area contributed by atoms with E-state index in [2.05, 4.69) is 47.0 Å². The van der Waals surface area contributed by atoms with Crippen molar-refractivity contribution in [3.8, 4) is 0 Å². The lowest BCUT2D eigenvalue weighted by Crippen LogP contribution is -2.14. The van der Waals surface area contributed by atoms with Crippen LogP contribution in [-0.2, 0) is 0 Å². The van der Waals surface area contributed by atoms with Gasteiger partial charge in [0.25, 0.3) is 0 Å². The SMILES string of the molecule is C1CSCCSCCCS[C@@H]2CCC[C@@H]2SC1. The Kier molecular flexibility index (Phi) is 8.12. The molecule has 1 saturated heterocycles. The van der Waals surface area contributed by atoms with E-state index in [0.29, 0.717) is 0 Å². The molecule has 1 aliphatic heterocycles. The van der Waals surface area contributed by atoms with Gasteiger partial charge in [-0.05, 0) is 48.7 Å².